The molecule has 0 bridgehead atoms. The van der Waals surface area contributed by atoms with E-state index in [1.165, 1.54) is 48.7 Å². The second kappa shape index (κ2) is 8.27. The summed E-state index contributed by atoms with van der Waals surface area (Å²) in [6, 6.07) is 0. The molecule has 0 unspecified atom stereocenters. The lowest BCUT2D eigenvalue weighted by Gasteiger charge is -2.33. The number of nitrogens with one attached hydrogen (secondary N) is 1. The number of aromatic amines is 1. The van der Waals surface area contributed by atoms with Crippen molar-refractivity contribution in [2.45, 2.75) is 76.5 Å². The summed E-state index contributed by atoms with van der Waals surface area (Å²) in [5.74, 6) is 0.461. The van der Waals surface area contributed by atoms with E-state index in [0.717, 1.165) is 48.3 Å². The number of aromatic nitrogens is 1. The first kappa shape index (κ1) is 19.4. The van der Waals surface area contributed by atoms with Crippen LogP contribution in [0.2, 0.25) is 0 Å². The molecule has 0 atom stereocenters. The molecule has 6 heteroatoms. The predicted octanol–water partition coefficient (Wildman–Crippen LogP) is 4.35. The normalized spacial score (nSPS) is 27.7. The topological polar surface area (TPSA) is 53.0 Å². The number of likely N-dealkylation sites (N-methyl/N-ethyl adjacent to an activating group) is 1. The minimum absolute atomic E-state index is 0.429. The number of allylic oxidation sites excluding steroid dienone is 1. The van der Waals surface area contributed by atoms with Gasteiger partial charge in [-0.1, -0.05) is 30.9 Å². The minimum atomic E-state index is 0.429. The van der Waals surface area contributed by atoms with Crippen molar-refractivity contribution in [3.05, 3.63) is 27.4 Å². The molecule has 1 N–H and O–H groups in total. The van der Waals surface area contributed by atoms with Gasteiger partial charge in [-0.15, -0.1) is 0 Å². The highest BCUT2D eigenvalue weighted by atomic mass is 35.5. The first-order chi connectivity index (χ1) is 14.2. The Morgan fingerprint density at radius 3 is 2.62 bits per heavy atom. The first-order valence-electron chi connectivity index (χ1n) is 11.3. The molecule has 1 aromatic rings. The van der Waals surface area contributed by atoms with Crippen LogP contribution in [0.1, 0.15) is 63.4 Å². The van der Waals surface area contributed by atoms with Gasteiger partial charge < -0.3 is 14.6 Å². The molecule has 3 heterocycles. The van der Waals surface area contributed by atoms with Crippen molar-refractivity contribution in [1.29, 1.82) is 0 Å². The fourth-order valence-corrected chi connectivity index (χ4v) is 5.62. The zero-order chi connectivity index (χ0) is 19.8. The number of ether oxygens (including phenoxy) is 1. The van der Waals surface area contributed by atoms with Gasteiger partial charge in [0.1, 0.15) is 0 Å². The molecule has 0 aromatic carbocycles. The van der Waals surface area contributed by atoms with Crippen LogP contribution in [-0.2, 0) is 11.3 Å². The zero-order valence-electron chi connectivity index (χ0n) is 17.3. The van der Waals surface area contributed by atoms with E-state index in [-0.39, 0.29) is 0 Å². The molecule has 156 valence electrons. The van der Waals surface area contributed by atoms with Crippen LogP contribution in [0.4, 0.5) is 5.69 Å². The zero-order valence-corrected chi connectivity index (χ0v) is 18.0. The Hall–Kier alpha value is -1.59. The highest BCUT2D eigenvalue weighted by Gasteiger charge is 2.30. The Morgan fingerprint density at radius 1 is 1.07 bits per heavy atom. The molecule has 1 aromatic heterocycles. The van der Waals surface area contributed by atoms with Crippen LogP contribution in [0.25, 0.3) is 11.8 Å². The van der Waals surface area contributed by atoms with E-state index in [1.807, 2.05) is 12.2 Å². The molecule has 0 amide bonds. The van der Waals surface area contributed by atoms with E-state index in [9.17, 15) is 0 Å². The quantitative estimate of drug-likeness (QED) is 0.799. The lowest BCUT2D eigenvalue weighted by Crippen LogP contribution is -2.30. The van der Waals surface area contributed by atoms with Crippen LogP contribution in [0, 0.1) is 5.92 Å². The molecule has 2 aliphatic carbocycles. The maximum atomic E-state index is 6.44. The van der Waals surface area contributed by atoms with Gasteiger partial charge in [0.05, 0.1) is 40.8 Å². The second-order valence-corrected chi connectivity index (χ2v) is 9.45. The summed E-state index contributed by atoms with van der Waals surface area (Å²) in [7, 11) is 2.12. The predicted molar refractivity (Wildman–Crippen MR) is 117 cm³/mol. The van der Waals surface area contributed by atoms with Crippen LogP contribution in [-0.4, -0.2) is 30.8 Å². The molecule has 2 fully saturated rings. The van der Waals surface area contributed by atoms with Gasteiger partial charge in [-0.25, -0.2) is 0 Å². The van der Waals surface area contributed by atoms with Gasteiger partial charge in [-0.05, 0) is 50.7 Å². The number of anilines is 1. The number of hydrogen-bond acceptors (Lipinski definition) is 4. The standard InChI is InChI=1S/C23H31ClN4O/c1-28-12-11-16(24)13-20-23(28)19-14-25-27-21(22(19)26-20)15-7-9-18(10-8-15)29-17-5-3-2-4-6-17/h11,13,15,17-18,26H,2-10,12,14H2,1H3/t15-,18-. The smallest absolute Gasteiger partial charge is 0.0895 e. The maximum Gasteiger partial charge on any atom is 0.0895 e. The van der Waals surface area contributed by atoms with Crippen molar-refractivity contribution in [2.24, 2.45) is 16.1 Å². The summed E-state index contributed by atoms with van der Waals surface area (Å²) in [6.07, 6.45) is 16.1. The second-order valence-electron chi connectivity index (χ2n) is 9.01. The molecule has 0 saturated heterocycles. The van der Waals surface area contributed by atoms with Crippen LogP contribution in [0.3, 0.4) is 0 Å². The molecular formula is C23H31ClN4O. The molecule has 5 rings (SSSR count). The number of azo groups is 1. The van der Waals surface area contributed by atoms with Crippen molar-refractivity contribution in [3.8, 4) is 0 Å². The maximum absolute atomic E-state index is 6.44. The van der Waals surface area contributed by atoms with E-state index in [2.05, 4.69) is 27.2 Å². The van der Waals surface area contributed by atoms with E-state index in [0.29, 0.717) is 24.7 Å². The fraction of sp³-hybridized carbons (Fsp3) is 0.652. The lowest BCUT2D eigenvalue weighted by molar-refractivity contribution is -0.0482. The Bertz CT molecular complexity index is 933. The molecule has 29 heavy (non-hydrogen) atoms. The van der Waals surface area contributed by atoms with Gasteiger partial charge >= 0.3 is 0 Å². The molecular weight excluding hydrogens is 384 g/mol. The number of nitrogens with zero attached hydrogens (tertiary/aromatic N) is 3. The number of halogens is 1. The van der Waals surface area contributed by atoms with E-state index < -0.39 is 0 Å². The Kier molecular flexibility index (Phi) is 5.53. The van der Waals surface area contributed by atoms with E-state index >= 15 is 0 Å². The van der Waals surface area contributed by atoms with Crippen molar-refractivity contribution in [2.75, 3.05) is 18.5 Å². The third kappa shape index (κ3) is 3.91. The van der Waals surface area contributed by atoms with Gasteiger partial charge in [-0.2, -0.15) is 10.2 Å². The van der Waals surface area contributed by atoms with Gasteiger partial charge in [0.2, 0.25) is 0 Å². The summed E-state index contributed by atoms with van der Waals surface area (Å²) < 4.78 is 6.44. The summed E-state index contributed by atoms with van der Waals surface area (Å²) >= 11 is 6.35. The van der Waals surface area contributed by atoms with Gasteiger partial charge in [-0.3, -0.25) is 0 Å². The lowest BCUT2D eigenvalue weighted by atomic mass is 9.84. The van der Waals surface area contributed by atoms with E-state index in [4.69, 9.17) is 16.3 Å². The average Bonchev–Trinajstić information content (AvgIpc) is 3.04. The molecule has 5 nitrogen and oxygen atoms in total. The van der Waals surface area contributed by atoms with Crippen LogP contribution >= 0.6 is 11.6 Å². The highest BCUT2D eigenvalue weighted by Crippen LogP contribution is 2.35. The summed E-state index contributed by atoms with van der Waals surface area (Å²) in [6.45, 7) is 1.45. The Morgan fingerprint density at radius 2 is 1.83 bits per heavy atom. The molecule has 4 aliphatic rings. The minimum Gasteiger partial charge on any atom is -0.375 e. The van der Waals surface area contributed by atoms with Crippen molar-refractivity contribution < 1.29 is 4.74 Å². The monoisotopic (exact) mass is 414 g/mol. The van der Waals surface area contributed by atoms with Crippen molar-refractivity contribution in [1.82, 2.24) is 4.98 Å². The third-order valence-electron chi connectivity index (χ3n) is 6.99. The van der Waals surface area contributed by atoms with E-state index in [1.54, 1.807) is 0 Å². The average molecular weight is 415 g/mol. The van der Waals surface area contributed by atoms with Crippen LogP contribution < -0.4 is 15.6 Å². The van der Waals surface area contributed by atoms with Crippen molar-refractivity contribution >= 4 is 29.1 Å². The number of hydrogen-bond donors (Lipinski definition) is 1. The molecule has 2 saturated carbocycles. The Balaban J connectivity index is 1.37. The SMILES string of the molecule is CN1CC=C(Cl)C=c2[nH]c3c(c21)CN=NC=3[C@H]1CC[C@H](OC2CCCCC2)CC1. The molecule has 2 aliphatic heterocycles. The van der Waals surface area contributed by atoms with Gasteiger partial charge in [0, 0.05) is 30.1 Å². The third-order valence-corrected chi connectivity index (χ3v) is 7.25. The largest absolute Gasteiger partial charge is 0.375 e. The van der Waals surface area contributed by atoms with Gasteiger partial charge in [0.25, 0.3) is 0 Å². The number of rotatable bonds is 3. The number of H-pyrrole nitrogens is 1. The fourth-order valence-electron chi connectivity index (χ4n) is 5.44. The highest BCUT2D eigenvalue weighted by molar-refractivity contribution is 6.34. The van der Waals surface area contributed by atoms with Crippen molar-refractivity contribution in [3.63, 3.8) is 0 Å². The molecule has 0 spiro atoms. The summed E-state index contributed by atoms with van der Waals surface area (Å²) in [4.78, 5) is 5.89. The summed E-state index contributed by atoms with van der Waals surface area (Å²) in [5, 5.41) is 12.2. The first-order valence-corrected chi connectivity index (χ1v) is 11.6. The van der Waals surface area contributed by atoms with Gasteiger partial charge in [0.15, 0.2) is 0 Å². The number of fused-ring (bicyclic) bond motifs is 3. The molecule has 0 radical (unpaired) electrons. The van der Waals surface area contributed by atoms with Crippen LogP contribution in [0.15, 0.2) is 21.3 Å². The summed E-state index contributed by atoms with van der Waals surface area (Å²) in [5.41, 5.74) is 3.62. The Labute approximate surface area is 177 Å². The van der Waals surface area contributed by atoms with Crippen LogP contribution in [0.5, 0.6) is 0 Å².